The minimum Gasteiger partial charge on any atom is -0.397 e. The molecule has 0 amide bonds. The van der Waals surface area contributed by atoms with Gasteiger partial charge in [-0.25, -0.2) is 0 Å². The van der Waals surface area contributed by atoms with E-state index in [0.717, 1.165) is 54.4 Å². The molecule has 4 nitrogen and oxygen atoms in total. The molecule has 0 unspecified atom stereocenters. The smallest absolute Gasteiger partial charge is 0.0630 e. The number of aliphatic hydroxyl groups is 1. The first-order valence-electron chi connectivity index (χ1n) is 6.80. The fourth-order valence-electron chi connectivity index (χ4n) is 2.16. The fourth-order valence-corrected chi connectivity index (χ4v) is 2.16. The molecule has 1 aromatic heterocycles. The molecule has 19 heavy (non-hydrogen) atoms. The SMILES string of the molecule is Nc1c(NCCCCCCO)ccc2cnccc12. The van der Waals surface area contributed by atoms with Crippen LogP contribution in [0.25, 0.3) is 10.8 Å². The maximum atomic E-state index is 8.70. The van der Waals surface area contributed by atoms with Crippen LogP contribution in [0.15, 0.2) is 30.6 Å². The van der Waals surface area contributed by atoms with E-state index in [4.69, 9.17) is 10.8 Å². The zero-order valence-electron chi connectivity index (χ0n) is 11.1. The number of hydrogen-bond donors (Lipinski definition) is 3. The van der Waals surface area contributed by atoms with E-state index >= 15 is 0 Å². The third-order valence-electron chi connectivity index (χ3n) is 3.26. The summed E-state index contributed by atoms with van der Waals surface area (Å²) < 4.78 is 0. The largest absolute Gasteiger partial charge is 0.397 e. The highest BCUT2D eigenvalue weighted by molar-refractivity contribution is 5.98. The van der Waals surface area contributed by atoms with Gasteiger partial charge in [-0.05, 0) is 25.0 Å². The molecule has 0 aliphatic carbocycles. The molecule has 4 heteroatoms. The van der Waals surface area contributed by atoms with Crippen molar-refractivity contribution in [2.24, 2.45) is 0 Å². The summed E-state index contributed by atoms with van der Waals surface area (Å²) in [5.41, 5.74) is 7.93. The fraction of sp³-hybridized carbons (Fsp3) is 0.400. The molecule has 0 saturated carbocycles. The average molecular weight is 259 g/mol. The molecule has 1 heterocycles. The van der Waals surface area contributed by atoms with Crippen LogP contribution in [0.3, 0.4) is 0 Å². The molecular weight excluding hydrogens is 238 g/mol. The third-order valence-corrected chi connectivity index (χ3v) is 3.26. The van der Waals surface area contributed by atoms with Crippen molar-refractivity contribution >= 4 is 22.1 Å². The van der Waals surface area contributed by atoms with Crippen molar-refractivity contribution in [3.8, 4) is 0 Å². The molecule has 4 N–H and O–H groups in total. The number of anilines is 2. The van der Waals surface area contributed by atoms with E-state index in [-0.39, 0.29) is 0 Å². The van der Waals surface area contributed by atoms with Crippen LogP contribution in [0.5, 0.6) is 0 Å². The van der Waals surface area contributed by atoms with Gasteiger partial charge in [-0.2, -0.15) is 0 Å². The lowest BCUT2D eigenvalue weighted by Crippen LogP contribution is -2.04. The Labute approximate surface area is 113 Å². The number of aromatic nitrogens is 1. The second kappa shape index (κ2) is 6.95. The zero-order chi connectivity index (χ0) is 13.5. The highest BCUT2D eigenvalue weighted by Gasteiger charge is 2.03. The van der Waals surface area contributed by atoms with Gasteiger partial charge in [0.15, 0.2) is 0 Å². The van der Waals surface area contributed by atoms with Crippen LogP contribution in [-0.4, -0.2) is 23.2 Å². The lowest BCUT2D eigenvalue weighted by atomic mass is 10.1. The minimum absolute atomic E-state index is 0.291. The maximum absolute atomic E-state index is 8.70. The van der Waals surface area contributed by atoms with E-state index in [1.165, 1.54) is 0 Å². The summed E-state index contributed by atoms with van der Waals surface area (Å²) in [6.45, 7) is 1.20. The Morgan fingerprint density at radius 1 is 1.11 bits per heavy atom. The molecule has 0 atom stereocenters. The number of fused-ring (bicyclic) bond motifs is 1. The van der Waals surface area contributed by atoms with Gasteiger partial charge in [-0.3, -0.25) is 4.98 Å². The predicted octanol–water partition coefficient (Wildman–Crippen LogP) is 2.78. The van der Waals surface area contributed by atoms with Gasteiger partial charge in [0, 0.05) is 36.3 Å². The second-order valence-corrected chi connectivity index (χ2v) is 4.69. The third kappa shape index (κ3) is 3.58. The number of benzene rings is 1. The minimum atomic E-state index is 0.291. The Hall–Kier alpha value is -1.81. The lowest BCUT2D eigenvalue weighted by molar-refractivity contribution is 0.283. The second-order valence-electron chi connectivity index (χ2n) is 4.69. The molecule has 0 aliphatic rings. The van der Waals surface area contributed by atoms with Crippen molar-refractivity contribution in [3.05, 3.63) is 30.6 Å². The maximum Gasteiger partial charge on any atom is 0.0630 e. The number of nitrogens with two attached hydrogens (primary N) is 1. The van der Waals surface area contributed by atoms with Gasteiger partial charge in [0.2, 0.25) is 0 Å². The summed E-state index contributed by atoms with van der Waals surface area (Å²) in [6.07, 6.45) is 7.78. The first-order valence-corrected chi connectivity index (χ1v) is 6.80. The Balaban J connectivity index is 1.92. The van der Waals surface area contributed by atoms with Crippen LogP contribution >= 0.6 is 0 Å². The highest BCUT2D eigenvalue weighted by atomic mass is 16.2. The zero-order valence-corrected chi connectivity index (χ0v) is 11.1. The molecule has 0 spiro atoms. The van der Waals surface area contributed by atoms with Crippen LogP contribution in [0.2, 0.25) is 0 Å². The van der Waals surface area contributed by atoms with Crippen molar-refractivity contribution in [1.29, 1.82) is 0 Å². The summed E-state index contributed by atoms with van der Waals surface area (Å²) in [6, 6.07) is 5.98. The monoisotopic (exact) mass is 259 g/mol. The summed E-state index contributed by atoms with van der Waals surface area (Å²) >= 11 is 0. The van der Waals surface area contributed by atoms with Gasteiger partial charge in [-0.15, -0.1) is 0 Å². The Kier molecular flexibility index (Phi) is 4.98. The van der Waals surface area contributed by atoms with Crippen molar-refractivity contribution in [2.45, 2.75) is 25.7 Å². The Morgan fingerprint density at radius 3 is 2.79 bits per heavy atom. The van der Waals surface area contributed by atoms with Crippen molar-refractivity contribution in [1.82, 2.24) is 4.98 Å². The molecule has 0 radical (unpaired) electrons. The standard InChI is InChI=1S/C15H21N3O/c16-15-13-7-9-17-11-12(13)5-6-14(15)18-8-3-1-2-4-10-19/h5-7,9,11,18-19H,1-4,8,10,16H2. The number of nitrogens with one attached hydrogen (secondary N) is 1. The van der Waals surface area contributed by atoms with Gasteiger partial charge in [0.1, 0.15) is 0 Å². The van der Waals surface area contributed by atoms with Crippen LogP contribution in [0.4, 0.5) is 11.4 Å². The van der Waals surface area contributed by atoms with Gasteiger partial charge in [0.05, 0.1) is 11.4 Å². The molecule has 0 fully saturated rings. The number of unbranched alkanes of at least 4 members (excludes halogenated alkanes) is 3. The number of pyridine rings is 1. The van der Waals surface area contributed by atoms with E-state index in [2.05, 4.69) is 10.3 Å². The Bertz CT molecular complexity index is 528. The molecule has 2 aromatic rings. The first-order chi connectivity index (χ1) is 9.33. The summed E-state index contributed by atoms with van der Waals surface area (Å²) in [4.78, 5) is 4.09. The number of hydrogen-bond acceptors (Lipinski definition) is 4. The molecule has 2 rings (SSSR count). The average Bonchev–Trinajstić information content (AvgIpc) is 2.45. The Morgan fingerprint density at radius 2 is 1.95 bits per heavy atom. The lowest BCUT2D eigenvalue weighted by Gasteiger charge is -2.11. The van der Waals surface area contributed by atoms with E-state index in [0.29, 0.717) is 6.61 Å². The molecule has 0 saturated heterocycles. The van der Waals surface area contributed by atoms with E-state index in [1.54, 1.807) is 6.20 Å². The molecule has 1 aromatic carbocycles. The molecule has 0 bridgehead atoms. The predicted molar refractivity (Wildman–Crippen MR) is 80.2 cm³/mol. The first kappa shape index (κ1) is 13.6. The molecule has 0 aliphatic heterocycles. The van der Waals surface area contributed by atoms with E-state index in [1.807, 2.05) is 24.4 Å². The van der Waals surface area contributed by atoms with E-state index in [9.17, 15) is 0 Å². The summed E-state index contributed by atoms with van der Waals surface area (Å²) in [5, 5.41) is 14.2. The summed E-state index contributed by atoms with van der Waals surface area (Å²) in [5.74, 6) is 0. The van der Waals surface area contributed by atoms with Gasteiger partial charge < -0.3 is 16.2 Å². The van der Waals surface area contributed by atoms with Crippen molar-refractivity contribution in [2.75, 3.05) is 24.2 Å². The van der Waals surface area contributed by atoms with Crippen LogP contribution in [0.1, 0.15) is 25.7 Å². The number of aliphatic hydroxyl groups excluding tert-OH is 1. The van der Waals surface area contributed by atoms with Gasteiger partial charge in [-0.1, -0.05) is 18.9 Å². The normalized spacial score (nSPS) is 10.8. The quantitative estimate of drug-likeness (QED) is 0.528. The van der Waals surface area contributed by atoms with Gasteiger partial charge in [0.25, 0.3) is 0 Å². The molecule has 102 valence electrons. The van der Waals surface area contributed by atoms with Crippen molar-refractivity contribution < 1.29 is 5.11 Å². The number of rotatable bonds is 7. The van der Waals surface area contributed by atoms with Crippen molar-refractivity contribution in [3.63, 3.8) is 0 Å². The van der Waals surface area contributed by atoms with Crippen LogP contribution in [-0.2, 0) is 0 Å². The number of nitrogens with zero attached hydrogens (tertiary/aromatic N) is 1. The molecular formula is C15H21N3O. The van der Waals surface area contributed by atoms with Crippen LogP contribution < -0.4 is 11.1 Å². The van der Waals surface area contributed by atoms with Gasteiger partial charge >= 0.3 is 0 Å². The van der Waals surface area contributed by atoms with Crippen LogP contribution in [0, 0.1) is 0 Å². The van der Waals surface area contributed by atoms with E-state index < -0.39 is 0 Å². The topological polar surface area (TPSA) is 71.2 Å². The number of nitrogen functional groups attached to an aromatic ring is 1. The highest BCUT2D eigenvalue weighted by Crippen LogP contribution is 2.27. The summed E-state index contributed by atoms with van der Waals surface area (Å²) in [7, 11) is 0.